The number of allylic oxidation sites excluding steroid dienone is 1. The van der Waals surface area contributed by atoms with Crippen LogP contribution in [0.5, 0.6) is 0 Å². The number of rotatable bonds is 1. The van der Waals surface area contributed by atoms with Crippen molar-refractivity contribution in [3.63, 3.8) is 0 Å². The maximum Gasteiger partial charge on any atom is 0.00461 e. The number of nitrogens with two attached hydrogens (primary N) is 2. The third kappa shape index (κ3) is 2.54. The van der Waals surface area contributed by atoms with Crippen LogP contribution in [0.1, 0.15) is 11.1 Å². The largest absolute Gasteiger partial charge is 0.329 e. The highest BCUT2D eigenvalue weighted by atomic mass is 14.6. The van der Waals surface area contributed by atoms with Crippen molar-refractivity contribution < 1.29 is 0 Å². The van der Waals surface area contributed by atoms with Gasteiger partial charge in [-0.2, -0.15) is 0 Å². The van der Waals surface area contributed by atoms with Crippen LogP contribution in [0.25, 0.3) is 16.8 Å². The number of hydrogen-bond donors (Lipinski definition) is 2. The summed E-state index contributed by atoms with van der Waals surface area (Å²) in [4.78, 5) is 0. The van der Waals surface area contributed by atoms with Gasteiger partial charge in [-0.25, -0.2) is 0 Å². The first-order valence-corrected chi connectivity index (χ1v) is 5.94. The monoisotopic (exact) mass is 226 g/mol. The lowest BCUT2D eigenvalue weighted by molar-refractivity contribution is 0.976. The van der Waals surface area contributed by atoms with Crippen LogP contribution in [0.15, 0.2) is 42.5 Å². The molecule has 2 nitrogen and oxygen atoms in total. The van der Waals surface area contributed by atoms with Crippen LogP contribution >= 0.6 is 0 Å². The summed E-state index contributed by atoms with van der Waals surface area (Å²) in [5, 5.41) is 2.80. The van der Waals surface area contributed by atoms with E-state index in [1.54, 1.807) is 0 Å². The van der Waals surface area contributed by atoms with E-state index in [2.05, 4.69) is 48.6 Å². The molecule has 17 heavy (non-hydrogen) atoms. The van der Waals surface area contributed by atoms with Crippen LogP contribution in [-0.2, 0) is 6.42 Å². The second kappa shape index (κ2) is 5.62. The average Bonchev–Trinajstić information content (AvgIpc) is 2.40. The molecule has 3 rings (SSSR count). The molecule has 1 aliphatic rings. The molecule has 0 heterocycles. The van der Waals surface area contributed by atoms with E-state index in [0.29, 0.717) is 13.1 Å². The highest BCUT2D eigenvalue weighted by molar-refractivity contribution is 5.94. The summed E-state index contributed by atoms with van der Waals surface area (Å²) in [6.07, 6.45) is 5.53. The Bertz CT molecular complexity index is 522. The highest BCUT2D eigenvalue weighted by Gasteiger charge is 2.06. The summed E-state index contributed by atoms with van der Waals surface area (Å²) in [6, 6.07) is 13.0. The van der Waals surface area contributed by atoms with E-state index in [-0.39, 0.29) is 0 Å². The first-order valence-electron chi connectivity index (χ1n) is 5.94. The molecular weight excluding hydrogens is 208 g/mol. The molecule has 0 saturated heterocycles. The Morgan fingerprint density at radius 2 is 1.65 bits per heavy atom. The first kappa shape index (κ1) is 11.8. The van der Waals surface area contributed by atoms with Gasteiger partial charge in [0.1, 0.15) is 0 Å². The molecule has 0 radical (unpaired) electrons. The van der Waals surface area contributed by atoms with E-state index in [4.69, 9.17) is 11.5 Å². The molecule has 0 amide bonds. The van der Waals surface area contributed by atoms with Gasteiger partial charge in [-0.1, -0.05) is 48.6 Å². The van der Waals surface area contributed by atoms with Crippen LogP contribution in [0, 0.1) is 0 Å². The third-order valence-corrected chi connectivity index (χ3v) is 2.83. The van der Waals surface area contributed by atoms with Gasteiger partial charge >= 0.3 is 0 Å². The molecule has 0 unspecified atom stereocenters. The van der Waals surface area contributed by atoms with Crippen LogP contribution in [0.2, 0.25) is 0 Å². The van der Waals surface area contributed by atoms with E-state index in [1.165, 1.54) is 21.9 Å². The fourth-order valence-corrected chi connectivity index (χ4v) is 2.07. The fraction of sp³-hybridized carbons (Fsp3) is 0.200. The van der Waals surface area contributed by atoms with Gasteiger partial charge in [-0.15, -0.1) is 0 Å². The standard InChI is InChI=1S/C13H10.C2H8N2/c1-4-10-6-2-8-12-9-3-7-11(5-1)13(10)12;3-1-2-4/h1-8H,9H2;1-4H2. The molecule has 0 atom stereocenters. The Morgan fingerprint density at radius 1 is 0.941 bits per heavy atom. The van der Waals surface area contributed by atoms with Crippen molar-refractivity contribution in [3.8, 4) is 0 Å². The molecule has 88 valence electrons. The summed E-state index contributed by atoms with van der Waals surface area (Å²) < 4.78 is 0. The molecule has 0 spiro atoms. The Labute approximate surface area is 102 Å². The van der Waals surface area contributed by atoms with Gasteiger partial charge < -0.3 is 11.5 Å². The van der Waals surface area contributed by atoms with Crippen LogP contribution in [0.3, 0.4) is 0 Å². The van der Waals surface area contributed by atoms with Gasteiger partial charge in [-0.3, -0.25) is 0 Å². The molecule has 0 aliphatic heterocycles. The van der Waals surface area contributed by atoms with Gasteiger partial charge in [0, 0.05) is 13.1 Å². The van der Waals surface area contributed by atoms with E-state index in [0.717, 1.165) is 6.42 Å². The molecule has 2 heteroatoms. The van der Waals surface area contributed by atoms with Gasteiger partial charge in [-0.05, 0) is 28.3 Å². The van der Waals surface area contributed by atoms with E-state index < -0.39 is 0 Å². The van der Waals surface area contributed by atoms with Crippen molar-refractivity contribution in [3.05, 3.63) is 53.6 Å². The van der Waals surface area contributed by atoms with Gasteiger partial charge in [0.15, 0.2) is 0 Å². The zero-order valence-corrected chi connectivity index (χ0v) is 9.89. The average molecular weight is 226 g/mol. The minimum Gasteiger partial charge on any atom is -0.329 e. The maximum atomic E-state index is 4.90. The topological polar surface area (TPSA) is 52.0 Å². The molecule has 0 aromatic heterocycles. The summed E-state index contributed by atoms with van der Waals surface area (Å²) in [7, 11) is 0. The van der Waals surface area contributed by atoms with Crippen molar-refractivity contribution in [2.45, 2.75) is 6.42 Å². The van der Waals surface area contributed by atoms with Gasteiger partial charge in [0.25, 0.3) is 0 Å². The van der Waals surface area contributed by atoms with Gasteiger partial charge in [0.05, 0.1) is 0 Å². The molecule has 0 fully saturated rings. The van der Waals surface area contributed by atoms with Crippen LogP contribution in [0.4, 0.5) is 0 Å². The second-order valence-electron chi connectivity index (χ2n) is 4.05. The normalized spacial score (nSPS) is 12.1. The summed E-state index contributed by atoms with van der Waals surface area (Å²) in [5.74, 6) is 0. The van der Waals surface area contributed by atoms with Gasteiger partial charge in [0.2, 0.25) is 0 Å². The summed E-state index contributed by atoms with van der Waals surface area (Å²) >= 11 is 0. The SMILES string of the molecule is C1=Cc2cccc3cccc(c23)C1.NCCN. The quantitative estimate of drug-likeness (QED) is 0.784. The maximum absolute atomic E-state index is 4.90. The Kier molecular flexibility index (Phi) is 3.91. The highest BCUT2D eigenvalue weighted by Crippen LogP contribution is 2.27. The van der Waals surface area contributed by atoms with Crippen molar-refractivity contribution >= 4 is 16.8 Å². The lowest BCUT2D eigenvalue weighted by Gasteiger charge is -2.11. The van der Waals surface area contributed by atoms with E-state index in [1.807, 2.05) is 0 Å². The smallest absolute Gasteiger partial charge is 0.00461 e. The molecule has 1 aliphatic carbocycles. The molecular formula is C15H18N2. The van der Waals surface area contributed by atoms with Crippen molar-refractivity contribution in [1.82, 2.24) is 0 Å². The Morgan fingerprint density at radius 3 is 2.35 bits per heavy atom. The summed E-state index contributed by atoms with van der Waals surface area (Å²) in [6.45, 7) is 1.19. The molecule has 2 aromatic rings. The Hall–Kier alpha value is -1.64. The zero-order valence-electron chi connectivity index (χ0n) is 9.89. The minimum absolute atomic E-state index is 0.597. The number of hydrogen-bond acceptors (Lipinski definition) is 2. The Balaban J connectivity index is 0.000000239. The fourth-order valence-electron chi connectivity index (χ4n) is 2.07. The van der Waals surface area contributed by atoms with Crippen molar-refractivity contribution in [2.24, 2.45) is 11.5 Å². The van der Waals surface area contributed by atoms with E-state index in [9.17, 15) is 0 Å². The molecule has 0 saturated carbocycles. The predicted molar refractivity (Wildman–Crippen MR) is 74.8 cm³/mol. The van der Waals surface area contributed by atoms with Crippen molar-refractivity contribution in [1.29, 1.82) is 0 Å². The molecule has 0 bridgehead atoms. The lowest BCUT2D eigenvalue weighted by Crippen LogP contribution is -2.11. The van der Waals surface area contributed by atoms with Crippen LogP contribution in [-0.4, -0.2) is 13.1 Å². The molecule has 2 aromatic carbocycles. The third-order valence-electron chi connectivity index (χ3n) is 2.83. The number of benzene rings is 2. The second-order valence-corrected chi connectivity index (χ2v) is 4.05. The lowest BCUT2D eigenvalue weighted by atomic mass is 9.93. The van der Waals surface area contributed by atoms with Crippen LogP contribution < -0.4 is 11.5 Å². The zero-order chi connectivity index (χ0) is 12.1. The summed E-state index contributed by atoms with van der Waals surface area (Å²) in [5.41, 5.74) is 12.6. The minimum atomic E-state index is 0.597. The van der Waals surface area contributed by atoms with E-state index >= 15 is 0 Å². The van der Waals surface area contributed by atoms with Crippen molar-refractivity contribution in [2.75, 3.05) is 13.1 Å². The predicted octanol–water partition coefficient (Wildman–Crippen LogP) is 2.31. The molecule has 4 N–H and O–H groups in total. The first-order chi connectivity index (χ1) is 8.36.